The number of benzene rings is 2. The lowest BCUT2D eigenvalue weighted by molar-refractivity contribution is -0.385. The van der Waals surface area contributed by atoms with Crippen LogP contribution in [0.15, 0.2) is 42.5 Å². The fourth-order valence-electron chi connectivity index (χ4n) is 2.22. The summed E-state index contributed by atoms with van der Waals surface area (Å²) in [5.41, 5.74) is -1.37. The zero-order valence-electron chi connectivity index (χ0n) is 13.3. The molecule has 0 unspecified atom stereocenters. The highest BCUT2D eigenvalue weighted by Gasteiger charge is 2.31. The van der Waals surface area contributed by atoms with Crippen LogP contribution in [0.1, 0.15) is 15.9 Å². The average molecular weight is 353 g/mol. The van der Waals surface area contributed by atoms with Crippen molar-refractivity contribution < 1.29 is 22.9 Å². The van der Waals surface area contributed by atoms with E-state index in [9.17, 15) is 28.1 Å². The molecule has 2 aromatic rings. The van der Waals surface area contributed by atoms with Gasteiger partial charge >= 0.3 is 6.18 Å². The van der Waals surface area contributed by atoms with Crippen LogP contribution in [-0.4, -0.2) is 24.9 Å². The molecule has 0 aliphatic rings. The Morgan fingerprint density at radius 2 is 1.80 bits per heavy atom. The third-order valence-corrected chi connectivity index (χ3v) is 3.40. The van der Waals surface area contributed by atoms with E-state index in [1.165, 1.54) is 29.2 Å². The van der Waals surface area contributed by atoms with E-state index in [-0.39, 0.29) is 11.3 Å². The number of nitrogens with one attached hydrogen (secondary N) is 1. The van der Waals surface area contributed by atoms with Gasteiger partial charge in [0.1, 0.15) is 5.56 Å². The van der Waals surface area contributed by atoms with Crippen molar-refractivity contribution >= 4 is 23.0 Å². The molecule has 0 fully saturated rings. The Labute approximate surface area is 141 Å². The maximum atomic E-state index is 12.9. The first kappa shape index (κ1) is 18.2. The van der Waals surface area contributed by atoms with Crippen molar-refractivity contribution in [2.24, 2.45) is 0 Å². The van der Waals surface area contributed by atoms with Gasteiger partial charge in [0.25, 0.3) is 11.6 Å². The first-order valence-electron chi connectivity index (χ1n) is 7.04. The summed E-state index contributed by atoms with van der Waals surface area (Å²) in [5.74, 6) is -0.866. The quantitative estimate of drug-likeness (QED) is 0.667. The zero-order valence-corrected chi connectivity index (χ0v) is 13.3. The standard InChI is InChI=1S/C16H14F3N3O3/c1-21(2)14-8-7-10(16(17,18)19)9-12(14)20-15(23)11-5-3-4-6-13(11)22(24)25/h3-9H,1-2H3,(H,20,23). The second kappa shape index (κ2) is 6.80. The average Bonchev–Trinajstić information content (AvgIpc) is 2.53. The largest absolute Gasteiger partial charge is 0.416 e. The van der Waals surface area contributed by atoms with Gasteiger partial charge in [0, 0.05) is 20.2 Å². The first-order valence-corrected chi connectivity index (χ1v) is 7.04. The Morgan fingerprint density at radius 3 is 2.36 bits per heavy atom. The van der Waals surface area contributed by atoms with Gasteiger partial charge in [-0.3, -0.25) is 14.9 Å². The van der Waals surface area contributed by atoms with Crippen LogP contribution in [0, 0.1) is 10.1 Å². The number of nitro benzene ring substituents is 1. The highest BCUT2D eigenvalue weighted by Crippen LogP contribution is 2.35. The molecule has 0 spiro atoms. The minimum Gasteiger partial charge on any atom is -0.376 e. The molecule has 9 heteroatoms. The van der Waals surface area contributed by atoms with E-state index in [1.807, 2.05) is 0 Å². The van der Waals surface area contributed by atoms with Gasteiger partial charge in [-0.25, -0.2) is 0 Å². The van der Waals surface area contributed by atoms with Crippen LogP contribution in [0.3, 0.4) is 0 Å². The van der Waals surface area contributed by atoms with E-state index >= 15 is 0 Å². The molecular formula is C16H14F3N3O3. The zero-order chi connectivity index (χ0) is 18.8. The molecule has 6 nitrogen and oxygen atoms in total. The lowest BCUT2D eigenvalue weighted by Gasteiger charge is -2.19. The second-order valence-electron chi connectivity index (χ2n) is 5.35. The normalized spacial score (nSPS) is 11.1. The summed E-state index contributed by atoms with van der Waals surface area (Å²) in [5, 5.41) is 13.3. The van der Waals surface area contributed by atoms with Crippen LogP contribution in [0.5, 0.6) is 0 Å². The lowest BCUT2D eigenvalue weighted by atomic mass is 10.1. The molecule has 25 heavy (non-hydrogen) atoms. The molecule has 0 saturated heterocycles. The van der Waals surface area contributed by atoms with Crippen molar-refractivity contribution in [1.82, 2.24) is 0 Å². The van der Waals surface area contributed by atoms with Gasteiger partial charge in [-0.15, -0.1) is 0 Å². The molecule has 1 N–H and O–H groups in total. The van der Waals surface area contributed by atoms with Crippen molar-refractivity contribution in [3.8, 4) is 0 Å². The number of rotatable bonds is 4. The van der Waals surface area contributed by atoms with Crippen molar-refractivity contribution in [3.63, 3.8) is 0 Å². The Morgan fingerprint density at radius 1 is 1.16 bits per heavy atom. The van der Waals surface area contributed by atoms with E-state index in [0.29, 0.717) is 5.69 Å². The third-order valence-electron chi connectivity index (χ3n) is 3.40. The van der Waals surface area contributed by atoms with Crippen LogP contribution in [0.25, 0.3) is 0 Å². The number of carbonyl (C=O) groups is 1. The molecule has 2 aromatic carbocycles. The maximum absolute atomic E-state index is 12.9. The van der Waals surface area contributed by atoms with E-state index in [0.717, 1.165) is 18.2 Å². The van der Waals surface area contributed by atoms with E-state index < -0.39 is 28.3 Å². The molecule has 0 heterocycles. The van der Waals surface area contributed by atoms with E-state index in [2.05, 4.69) is 5.32 Å². The third kappa shape index (κ3) is 4.06. The molecule has 0 bridgehead atoms. The number of anilines is 2. The molecule has 2 rings (SSSR count). The van der Waals surface area contributed by atoms with Gasteiger partial charge in [-0.2, -0.15) is 13.2 Å². The van der Waals surface area contributed by atoms with Crippen LogP contribution in [-0.2, 0) is 6.18 Å². The van der Waals surface area contributed by atoms with Gasteiger partial charge in [-0.1, -0.05) is 12.1 Å². The van der Waals surface area contributed by atoms with Gasteiger partial charge in [-0.05, 0) is 24.3 Å². The fourth-order valence-corrected chi connectivity index (χ4v) is 2.22. The van der Waals surface area contributed by atoms with Crippen molar-refractivity contribution in [3.05, 3.63) is 63.7 Å². The Kier molecular flexibility index (Phi) is 4.96. The number of alkyl halides is 3. The minimum absolute atomic E-state index is 0.0945. The van der Waals surface area contributed by atoms with Crippen LogP contribution < -0.4 is 10.2 Å². The van der Waals surface area contributed by atoms with Gasteiger partial charge < -0.3 is 10.2 Å². The number of hydrogen-bond donors (Lipinski definition) is 1. The van der Waals surface area contributed by atoms with Crippen molar-refractivity contribution in [2.75, 3.05) is 24.3 Å². The number of halogens is 3. The van der Waals surface area contributed by atoms with Crippen LogP contribution in [0.4, 0.5) is 30.2 Å². The van der Waals surface area contributed by atoms with E-state index in [4.69, 9.17) is 0 Å². The van der Waals surface area contributed by atoms with Crippen LogP contribution in [0.2, 0.25) is 0 Å². The molecule has 0 atom stereocenters. The predicted molar refractivity (Wildman–Crippen MR) is 86.8 cm³/mol. The molecule has 1 amide bonds. The Hall–Kier alpha value is -3.10. The lowest BCUT2D eigenvalue weighted by Crippen LogP contribution is -2.18. The molecule has 0 saturated carbocycles. The molecule has 0 radical (unpaired) electrons. The molecule has 0 aliphatic heterocycles. The summed E-state index contributed by atoms with van der Waals surface area (Å²) in [4.78, 5) is 24.2. The highest BCUT2D eigenvalue weighted by atomic mass is 19.4. The van der Waals surface area contributed by atoms with Gasteiger partial charge in [0.2, 0.25) is 0 Å². The number of nitrogens with zero attached hydrogens (tertiary/aromatic N) is 2. The number of amides is 1. The summed E-state index contributed by atoms with van der Waals surface area (Å²) in [6.45, 7) is 0. The summed E-state index contributed by atoms with van der Waals surface area (Å²) in [6.07, 6.45) is -4.58. The maximum Gasteiger partial charge on any atom is 0.416 e. The van der Waals surface area contributed by atoms with Crippen LogP contribution >= 0.6 is 0 Å². The number of nitro groups is 1. The smallest absolute Gasteiger partial charge is 0.376 e. The van der Waals surface area contributed by atoms with E-state index in [1.54, 1.807) is 14.1 Å². The summed E-state index contributed by atoms with van der Waals surface area (Å²) in [7, 11) is 3.20. The minimum atomic E-state index is -4.58. The Balaban J connectivity index is 2.45. The number of carbonyl (C=O) groups excluding carboxylic acids is 1. The topological polar surface area (TPSA) is 75.5 Å². The second-order valence-corrected chi connectivity index (χ2v) is 5.35. The Bertz CT molecular complexity index is 820. The summed E-state index contributed by atoms with van der Waals surface area (Å²) < 4.78 is 38.7. The van der Waals surface area contributed by atoms with Crippen molar-refractivity contribution in [2.45, 2.75) is 6.18 Å². The SMILES string of the molecule is CN(C)c1ccc(C(F)(F)F)cc1NC(=O)c1ccccc1[N+](=O)[O-]. The fraction of sp³-hybridized carbons (Fsp3) is 0.188. The van der Waals surface area contributed by atoms with Gasteiger partial charge in [0.05, 0.1) is 21.9 Å². The molecular weight excluding hydrogens is 339 g/mol. The first-order chi connectivity index (χ1) is 11.6. The molecule has 0 aromatic heterocycles. The van der Waals surface area contributed by atoms with Gasteiger partial charge in [0.15, 0.2) is 0 Å². The number of para-hydroxylation sites is 1. The monoisotopic (exact) mass is 353 g/mol. The van der Waals surface area contributed by atoms with Crippen molar-refractivity contribution in [1.29, 1.82) is 0 Å². The highest BCUT2D eigenvalue weighted by molar-refractivity contribution is 6.08. The number of hydrogen-bond acceptors (Lipinski definition) is 4. The molecule has 132 valence electrons. The molecule has 0 aliphatic carbocycles. The predicted octanol–water partition coefficient (Wildman–Crippen LogP) is 3.93. The summed E-state index contributed by atoms with van der Waals surface area (Å²) >= 11 is 0. The summed E-state index contributed by atoms with van der Waals surface area (Å²) in [6, 6.07) is 8.12.